The maximum atomic E-state index is 14.1. The molecule has 7 nitrogen and oxygen atoms in total. The number of carbonyl (C=O) groups is 2. The minimum absolute atomic E-state index is 0.0311. The van der Waals surface area contributed by atoms with Crippen molar-refractivity contribution in [2.24, 2.45) is 0 Å². The molecule has 1 aliphatic rings. The van der Waals surface area contributed by atoms with E-state index in [1.165, 1.54) is 22.9 Å². The first-order valence-electron chi connectivity index (χ1n) is 12.1. The van der Waals surface area contributed by atoms with E-state index >= 15 is 0 Å². The molecule has 1 aromatic heterocycles. The molecule has 0 bridgehead atoms. The minimum Gasteiger partial charge on any atom is -0.497 e. The summed E-state index contributed by atoms with van der Waals surface area (Å²) in [5.74, 6) is 0.605. The van der Waals surface area contributed by atoms with Crippen LogP contribution in [0.5, 0.6) is 5.75 Å². The number of hydrogen-bond donors (Lipinski definition) is 0. The maximum absolute atomic E-state index is 14.1. The summed E-state index contributed by atoms with van der Waals surface area (Å²) >= 11 is 0. The number of esters is 1. The molecular formula is C28H33N3O4. The van der Waals surface area contributed by atoms with Crippen molar-refractivity contribution < 1.29 is 19.1 Å². The zero-order valence-electron chi connectivity index (χ0n) is 20.9. The van der Waals surface area contributed by atoms with E-state index in [1.807, 2.05) is 29.2 Å². The summed E-state index contributed by atoms with van der Waals surface area (Å²) in [6.07, 6.45) is 6.21. The Bertz CT molecular complexity index is 1180. The molecule has 0 aliphatic heterocycles. The van der Waals surface area contributed by atoms with Crippen molar-refractivity contribution >= 4 is 17.6 Å². The van der Waals surface area contributed by atoms with Gasteiger partial charge < -0.3 is 14.4 Å². The SMILES string of the molecule is COC(=O)Cn1cc(CN(C(=O)C2CCCc3ccc(OC)cc32)c2ccc(C(C)C)cc2)cn1. The van der Waals surface area contributed by atoms with E-state index in [0.29, 0.717) is 12.5 Å². The Labute approximate surface area is 206 Å². The van der Waals surface area contributed by atoms with Crippen LogP contribution in [0.2, 0.25) is 0 Å². The van der Waals surface area contributed by atoms with Gasteiger partial charge in [-0.05, 0) is 66.1 Å². The molecule has 1 unspecified atom stereocenters. The molecule has 184 valence electrons. The highest BCUT2D eigenvalue weighted by atomic mass is 16.5. The first kappa shape index (κ1) is 24.5. The Morgan fingerprint density at radius 3 is 2.60 bits per heavy atom. The summed E-state index contributed by atoms with van der Waals surface area (Å²) in [5.41, 5.74) is 5.16. The number of aromatic nitrogens is 2. The Balaban J connectivity index is 1.67. The number of benzene rings is 2. The second kappa shape index (κ2) is 10.8. The monoisotopic (exact) mass is 475 g/mol. The first-order valence-corrected chi connectivity index (χ1v) is 12.1. The van der Waals surface area contributed by atoms with Crippen molar-refractivity contribution in [2.75, 3.05) is 19.1 Å². The summed E-state index contributed by atoms with van der Waals surface area (Å²) in [4.78, 5) is 27.6. The molecule has 3 aromatic rings. The third kappa shape index (κ3) is 5.56. The van der Waals surface area contributed by atoms with Crippen LogP contribution in [0.3, 0.4) is 0 Å². The summed E-state index contributed by atoms with van der Waals surface area (Å²) in [6.45, 7) is 4.69. The lowest BCUT2D eigenvalue weighted by atomic mass is 9.81. The van der Waals surface area contributed by atoms with E-state index in [9.17, 15) is 9.59 Å². The lowest BCUT2D eigenvalue weighted by Gasteiger charge is -2.31. The Morgan fingerprint density at radius 1 is 1.14 bits per heavy atom. The van der Waals surface area contributed by atoms with Gasteiger partial charge in [0, 0.05) is 17.4 Å². The van der Waals surface area contributed by atoms with E-state index in [-0.39, 0.29) is 24.3 Å². The van der Waals surface area contributed by atoms with Gasteiger partial charge in [-0.1, -0.05) is 32.0 Å². The van der Waals surface area contributed by atoms with Crippen LogP contribution in [0.4, 0.5) is 5.69 Å². The highest BCUT2D eigenvalue weighted by Crippen LogP contribution is 2.37. The van der Waals surface area contributed by atoms with E-state index in [0.717, 1.165) is 41.8 Å². The average molecular weight is 476 g/mol. The van der Waals surface area contributed by atoms with Crippen LogP contribution in [0.15, 0.2) is 54.9 Å². The fourth-order valence-electron chi connectivity index (χ4n) is 4.64. The highest BCUT2D eigenvalue weighted by molar-refractivity contribution is 5.98. The van der Waals surface area contributed by atoms with Gasteiger partial charge in [0.1, 0.15) is 12.3 Å². The Hall–Kier alpha value is -3.61. The molecule has 35 heavy (non-hydrogen) atoms. The largest absolute Gasteiger partial charge is 0.497 e. The molecule has 0 saturated carbocycles. The molecule has 7 heteroatoms. The molecule has 1 aliphatic carbocycles. The predicted molar refractivity (Wildman–Crippen MR) is 135 cm³/mol. The number of anilines is 1. The molecule has 0 saturated heterocycles. The molecule has 1 atom stereocenters. The zero-order valence-corrected chi connectivity index (χ0v) is 20.9. The number of nitrogens with zero attached hydrogens (tertiary/aromatic N) is 3. The van der Waals surface area contributed by atoms with E-state index in [4.69, 9.17) is 9.47 Å². The normalized spacial score (nSPS) is 14.9. The Morgan fingerprint density at radius 2 is 1.91 bits per heavy atom. The third-order valence-corrected chi connectivity index (χ3v) is 6.65. The summed E-state index contributed by atoms with van der Waals surface area (Å²) in [7, 11) is 3.00. The van der Waals surface area contributed by atoms with Gasteiger partial charge in [0.15, 0.2) is 0 Å². The van der Waals surface area contributed by atoms with Crippen molar-refractivity contribution in [3.8, 4) is 5.75 Å². The molecule has 1 amide bonds. The van der Waals surface area contributed by atoms with Gasteiger partial charge in [0.05, 0.1) is 32.9 Å². The smallest absolute Gasteiger partial charge is 0.327 e. The maximum Gasteiger partial charge on any atom is 0.327 e. The quantitative estimate of drug-likeness (QED) is 0.436. The van der Waals surface area contributed by atoms with E-state index in [1.54, 1.807) is 19.5 Å². The lowest BCUT2D eigenvalue weighted by Crippen LogP contribution is -2.36. The standard InChI is InChI=1S/C28H33N3O4/c1-19(2)21-8-11-23(12-9-21)31(17-20-15-29-30(16-20)18-27(32)35-4)28(33)25-7-5-6-22-10-13-24(34-3)14-26(22)25/h8-16,19,25H,5-7,17-18H2,1-4H3. The second-order valence-corrected chi connectivity index (χ2v) is 9.30. The van der Waals surface area contributed by atoms with Crippen LogP contribution < -0.4 is 9.64 Å². The summed E-state index contributed by atoms with van der Waals surface area (Å²) in [5, 5.41) is 4.28. The van der Waals surface area contributed by atoms with Crippen LogP contribution in [-0.2, 0) is 33.8 Å². The van der Waals surface area contributed by atoms with Gasteiger partial charge in [0.25, 0.3) is 0 Å². The van der Waals surface area contributed by atoms with E-state index in [2.05, 4.69) is 37.1 Å². The number of methoxy groups -OCH3 is 2. The first-order chi connectivity index (χ1) is 16.9. The molecule has 2 aromatic carbocycles. The number of ether oxygens (including phenoxy) is 2. The van der Waals surface area contributed by atoms with Crippen LogP contribution in [-0.4, -0.2) is 35.9 Å². The Kier molecular flexibility index (Phi) is 7.54. The van der Waals surface area contributed by atoms with Crippen LogP contribution in [0.25, 0.3) is 0 Å². The number of carbonyl (C=O) groups excluding carboxylic acids is 2. The van der Waals surface area contributed by atoms with Crippen LogP contribution >= 0.6 is 0 Å². The van der Waals surface area contributed by atoms with Gasteiger partial charge >= 0.3 is 5.97 Å². The van der Waals surface area contributed by atoms with Crippen LogP contribution in [0.1, 0.15) is 60.8 Å². The molecular weight excluding hydrogens is 442 g/mol. The fraction of sp³-hybridized carbons (Fsp3) is 0.393. The molecule has 0 spiro atoms. The minimum atomic E-state index is -0.371. The van der Waals surface area contributed by atoms with Gasteiger partial charge in [-0.3, -0.25) is 14.3 Å². The molecule has 0 radical (unpaired) electrons. The molecule has 4 rings (SSSR count). The number of fused-ring (bicyclic) bond motifs is 1. The summed E-state index contributed by atoms with van der Waals surface area (Å²) in [6, 6.07) is 14.2. The van der Waals surface area contributed by atoms with Crippen molar-refractivity contribution in [3.63, 3.8) is 0 Å². The summed E-state index contributed by atoms with van der Waals surface area (Å²) < 4.78 is 11.7. The van der Waals surface area contributed by atoms with Crippen LogP contribution in [0, 0.1) is 0 Å². The number of hydrogen-bond acceptors (Lipinski definition) is 5. The second-order valence-electron chi connectivity index (χ2n) is 9.30. The van der Waals surface area contributed by atoms with Crippen molar-refractivity contribution in [3.05, 3.63) is 77.1 Å². The average Bonchev–Trinajstić information content (AvgIpc) is 3.32. The fourth-order valence-corrected chi connectivity index (χ4v) is 4.64. The topological polar surface area (TPSA) is 73.7 Å². The third-order valence-electron chi connectivity index (χ3n) is 6.65. The number of rotatable bonds is 8. The van der Waals surface area contributed by atoms with Crippen molar-refractivity contribution in [2.45, 2.75) is 58.0 Å². The van der Waals surface area contributed by atoms with Crippen molar-refractivity contribution in [1.29, 1.82) is 0 Å². The lowest BCUT2D eigenvalue weighted by molar-refractivity contribution is -0.141. The van der Waals surface area contributed by atoms with Gasteiger partial charge in [0.2, 0.25) is 5.91 Å². The van der Waals surface area contributed by atoms with Gasteiger partial charge in [-0.2, -0.15) is 5.10 Å². The molecule has 0 fully saturated rings. The zero-order chi connectivity index (χ0) is 24.9. The number of aryl methyl sites for hydroxylation is 1. The predicted octanol–water partition coefficient (Wildman–Crippen LogP) is 4.84. The van der Waals surface area contributed by atoms with E-state index < -0.39 is 0 Å². The molecule has 0 N–H and O–H groups in total. The van der Waals surface area contributed by atoms with Gasteiger partial charge in [-0.15, -0.1) is 0 Å². The van der Waals surface area contributed by atoms with Gasteiger partial charge in [-0.25, -0.2) is 0 Å². The molecule has 1 heterocycles. The number of amides is 1. The highest BCUT2D eigenvalue weighted by Gasteiger charge is 2.31. The van der Waals surface area contributed by atoms with Crippen molar-refractivity contribution in [1.82, 2.24) is 9.78 Å².